The standard InChI is InChI=1S/C13H22N2O5/c1-19-10-6-15(7-11(10)20-2)13(18)14(8-12(16)17)5-9-3-4-9/h9-11H,3-8H2,1-2H3,(H,16,17). The van der Waals surface area contributed by atoms with Gasteiger partial charge in [0.1, 0.15) is 18.8 Å². The fourth-order valence-corrected chi connectivity index (χ4v) is 2.54. The Kier molecular flexibility index (Phi) is 4.82. The summed E-state index contributed by atoms with van der Waals surface area (Å²) in [6, 6.07) is -0.235. The minimum atomic E-state index is -0.982. The van der Waals surface area contributed by atoms with Crippen molar-refractivity contribution < 1.29 is 24.2 Å². The summed E-state index contributed by atoms with van der Waals surface area (Å²) < 4.78 is 10.6. The number of carboxylic acid groups (broad SMARTS) is 1. The number of carbonyl (C=O) groups is 2. The third kappa shape index (κ3) is 3.61. The molecule has 1 aliphatic heterocycles. The van der Waals surface area contributed by atoms with Gasteiger partial charge in [-0.3, -0.25) is 4.79 Å². The Bertz CT molecular complexity index is 360. The number of amides is 2. The van der Waals surface area contributed by atoms with E-state index >= 15 is 0 Å². The molecule has 0 spiro atoms. The number of urea groups is 1. The Balaban J connectivity index is 1.97. The lowest BCUT2D eigenvalue weighted by Gasteiger charge is -2.26. The van der Waals surface area contributed by atoms with Gasteiger partial charge in [-0.25, -0.2) is 4.79 Å². The smallest absolute Gasteiger partial charge is 0.323 e. The van der Waals surface area contributed by atoms with Crippen molar-refractivity contribution in [3.8, 4) is 0 Å². The second-order valence-electron chi connectivity index (χ2n) is 5.45. The number of carbonyl (C=O) groups excluding carboxylic acids is 1. The van der Waals surface area contributed by atoms with Crippen LogP contribution >= 0.6 is 0 Å². The summed E-state index contributed by atoms with van der Waals surface area (Å²) in [5.74, 6) is -0.526. The third-order valence-corrected chi connectivity index (χ3v) is 3.86. The number of rotatable bonds is 6. The van der Waals surface area contributed by atoms with Crippen LogP contribution in [0.5, 0.6) is 0 Å². The zero-order chi connectivity index (χ0) is 14.7. The molecule has 0 aromatic heterocycles. The Labute approximate surface area is 118 Å². The van der Waals surface area contributed by atoms with Crippen LogP contribution in [-0.2, 0) is 14.3 Å². The summed E-state index contributed by atoms with van der Waals surface area (Å²) in [6.45, 7) is 1.15. The maximum Gasteiger partial charge on any atom is 0.323 e. The lowest BCUT2D eigenvalue weighted by atomic mass is 10.3. The van der Waals surface area contributed by atoms with Gasteiger partial charge in [0.05, 0.1) is 13.1 Å². The van der Waals surface area contributed by atoms with Crippen molar-refractivity contribution in [2.24, 2.45) is 5.92 Å². The predicted octanol–water partition coefficient (Wildman–Crippen LogP) is 0.249. The van der Waals surface area contributed by atoms with Crippen LogP contribution in [0, 0.1) is 5.92 Å². The molecule has 1 saturated carbocycles. The quantitative estimate of drug-likeness (QED) is 0.757. The molecular weight excluding hydrogens is 264 g/mol. The first kappa shape index (κ1) is 15.1. The summed E-state index contributed by atoms with van der Waals surface area (Å²) in [7, 11) is 3.17. The molecule has 2 fully saturated rings. The van der Waals surface area contributed by atoms with Gasteiger partial charge in [0.15, 0.2) is 0 Å². The molecular formula is C13H22N2O5. The zero-order valence-corrected chi connectivity index (χ0v) is 11.9. The highest BCUT2D eigenvalue weighted by Crippen LogP contribution is 2.30. The summed E-state index contributed by atoms with van der Waals surface area (Å²) in [5, 5.41) is 8.94. The van der Waals surface area contributed by atoms with E-state index in [4.69, 9.17) is 14.6 Å². The Morgan fingerprint density at radius 1 is 1.20 bits per heavy atom. The zero-order valence-electron chi connectivity index (χ0n) is 11.9. The van der Waals surface area contributed by atoms with Gasteiger partial charge in [-0.2, -0.15) is 0 Å². The van der Waals surface area contributed by atoms with E-state index in [1.165, 1.54) is 4.90 Å². The van der Waals surface area contributed by atoms with Gasteiger partial charge in [-0.15, -0.1) is 0 Å². The summed E-state index contributed by atoms with van der Waals surface area (Å²) in [6.07, 6.45) is 1.84. The first-order valence-corrected chi connectivity index (χ1v) is 6.86. The van der Waals surface area contributed by atoms with Gasteiger partial charge in [-0.1, -0.05) is 0 Å². The van der Waals surface area contributed by atoms with Crippen LogP contribution in [0.15, 0.2) is 0 Å². The molecule has 7 nitrogen and oxygen atoms in total. The van der Waals surface area contributed by atoms with Crippen molar-refractivity contribution in [3.63, 3.8) is 0 Å². The molecule has 2 aliphatic rings. The maximum absolute atomic E-state index is 12.4. The number of carboxylic acids is 1. The van der Waals surface area contributed by atoms with Crippen LogP contribution < -0.4 is 0 Å². The molecule has 0 aromatic rings. The Morgan fingerprint density at radius 3 is 2.15 bits per heavy atom. The minimum absolute atomic E-state index is 0.156. The first-order chi connectivity index (χ1) is 9.55. The van der Waals surface area contributed by atoms with Gasteiger partial charge >= 0.3 is 12.0 Å². The average Bonchev–Trinajstić information content (AvgIpc) is 3.13. The van der Waals surface area contributed by atoms with Crippen LogP contribution in [-0.4, -0.2) is 79.5 Å². The minimum Gasteiger partial charge on any atom is -0.480 e. The van der Waals surface area contributed by atoms with Gasteiger partial charge in [0, 0.05) is 20.8 Å². The summed E-state index contributed by atoms with van der Waals surface area (Å²) in [5.41, 5.74) is 0. The fourth-order valence-electron chi connectivity index (χ4n) is 2.54. The second kappa shape index (κ2) is 6.41. The van der Waals surface area contributed by atoms with Crippen LogP contribution in [0.1, 0.15) is 12.8 Å². The number of aliphatic carboxylic acids is 1. The molecule has 1 N–H and O–H groups in total. The van der Waals surface area contributed by atoms with Crippen molar-refractivity contribution in [1.82, 2.24) is 9.80 Å². The first-order valence-electron chi connectivity index (χ1n) is 6.86. The Morgan fingerprint density at radius 2 is 1.75 bits per heavy atom. The predicted molar refractivity (Wildman–Crippen MR) is 70.5 cm³/mol. The van der Waals surface area contributed by atoms with E-state index < -0.39 is 5.97 Å². The van der Waals surface area contributed by atoms with Gasteiger partial charge < -0.3 is 24.4 Å². The van der Waals surface area contributed by atoms with Crippen molar-refractivity contribution in [2.75, 3.05) is 40.4 Å². The number of ether oxygens (including phenoxy) is 2. The van der Waals surface area contributed by atoms with E-state index in [1.54, 1.807) is 19.1 Å². The lowest BCUT2D eigenvalue weighted by Crippen LogP contribution is -2.45. The van der Waals surface area contributed by atoms with Gasteiger partial charge in [0.25, 0.3) is 0 Å². The van der Waals surface area contributed by atoms with Crippen molar-refractivity contribution in [2.45, 2.75) is 25.0 Å². The molecule has 1 saturated heterocycles. The molecule has 2 atom stereocenters. The molecule has 2 amide bonds. The molecule has 1 aliphatic carbocycles. The van der Waals surface area contributed by atoms with Crippen molar-refractivity contribution in [1.29, 1.82) is 0 Å². The molecule has 2 unspecified atom stereocenters. The van der Waals surface area contributed by atoms with E-state index in [-0.39, 0.29) is 24.8 Å². The maximum atomic E-state index is 12.4. The molecule has 0 aromatic carbocycles. The fraction of sp³-hybridized carbons (Fsp3) is 0.846. The van der Waals surface area contributed by atoms with Crippen molar-refractivity contribution >= 4 is 12.0 Å². The van der Waals surface area contributed by atoms with E-state index in [0.29, 0.717) is 25.6 Å². The van der Waals surface area contributed by atoms with E-state index in [1.807, 2.05) is 0 Å². The van der Waals surface area contributed by atoms with Crippen molar-refractivity contribution in [3.05, 3.63) is 0 Å². The largest absolute Gasteiger partial charge is 0.480 e. The van der Waals surface area contributed by atoms with Crippen LogP contribution in [0.25, 0.3) is 0 Å². The highest BCUT2D eigenvalue weighted by molar-refractivity contribution is 5.80. The van der Waals surface area contributed by atoms with Crippen LogP contribution in [0.2, 0.25) is 0 Å². The molecule has 2 rings (SSSR count). The molecule has 20 heavy (non-hydrogen) atoms. The SMILES string of the molecule is COC1CN(C(=O)N(CC(=O)O)CC2CC2)CC1OC. The summed E-state index contributed by atoms with van der Waals surface area (Å²) in [4.78, 5) is 26.4. The second-order valence-corrected chi connectivity index (χ2v) is 5.45. The number of hydrogen-bond donors (Lipinski definition) is 1. The summed E-state index contributed by atoms with van der Waals surface area (Å²) >= 11 is 0. The van der Waals surface area contributed by atoms with Gasteiger partial charge in [-0.05, 0) is 18.8 Å². The van der Waals surface area contributed by atoms with Gasteiger partial charge in [0.2, 0.25) is 0 Å². The molecule has 114 valence electrons. The molecule has 7 heteroatoms. The van der Waals surface area contributed by atoms with Crippen LogP contribution in [0.4, 0.5) is 4.79 Å². The molecule has 0 bridgehead atoms. The Hall–Kier alpha value is -1.34. The highest BCUT2D eigenvalue weighted by Gasteiger charge is 2.38. The normalized spacial score (nSPS) is 25.8. The lowest BCUT2D eigenvalue weighted by molar-refractivity contribution is -0.137. The number of methoxy groups -OCH3 is 2. The van der Waals surface area contributed by atoms with E-state index in [0.717, 1.165) is 12.8 Å². The third-order valence-electron chi connectivity index (χ3n) is 3.86. The average molecular weight is 286 g/mol. The van der Waals surface area contributed by atoms with E-state index in [2.05, 4.69) is 0 Å². The molecule has 0 radical (unpaired) electrons. The number of hydrogen-bond acceptors (Lipinski definition) is 4. The number of likely N-dealkylation sites (tertiary alicyclic amines) is 1. The molecule has 1 heterocycles. The van der Waals surface area contributed by atoms with Crippen LogP contribution in [0.3, 0.4) is 0 Å². The topological polar surface area (TPSA) is 79.3 Å². The van der Waals surface area contributed by atoms with E-state index in [9.17, 15) is 9.59 Å². The number of nitrogens with zero attached hydrogens (tertiary/aromatic N) is 2. The highest BCUT2D eigenvalue weighted by atomic mass is 16.5. The monoisotopic (exact) mass is 286 g/mol.